The molecule has 0 unspecified atom stereocenters. The number of ether oxygens (including phenoxy) is 1. The van der Waals surface area contributed by atoms with Crippen LogP contribution in [0.4, 0.5) is 5.69 Å². The van der Waals surface area contributed by atoms with Crippen LogP contribution in [0.25, 0.3) is 11.0 Å². The molecule has 0 spiro atoms. The highest BCUT2D eigenvalue weighted by molar-refractivity contribution is 5.93. The standard InChI is InChI=1S/C16H19N5O2/c1-10-15-14(20(3)18-10)9-21(19-15)11(2)16(22)17-12-5-7-13(23-4)8-6-12/h5-9,11H,1-4H3,(H,17,22)/t11-/m1/s1. The van der Waals surface area contributed by atoms with E-state index in [1.807, 2.05) is 27.1 Å². The maximum absolute atomic E-state index is 12.4. The van der Waals surface area contributed by atoms with Crippen molar-refractivity contribution >= 4 is 22.6 Å². The summed E-state index contributed by atoms with van der Waals surface area (Å²) in [4.78, 5) is 12.4. The summed E-state index contributed by atoms with van der Waals surface area (Å²) in [5.41, 5.74) is 3.30. The van der Waals surface area contributed by atoms with Crippen LogP contribution in [0.2, 0.25) is 0 Å². The molecule has 0 bridgehead atoms. The number of nitrogens with zero attached hydrogens (tertiary/aromatic N) is 4. The van der Waals surface area contributed by atoms with Gasteiger partial charge in [-0.25, -0.2) is 0 Å². The number of amides is 1. The van der Waals surface area contributed by atoms with Crippen molar-refractivity contribution in [2.24, 2.45) is 7.05 Å². The minimum Gasteiger partial charge on any atom is -0.497 e. The topological polar surface area (TPSA) is 74.0 Å². The normalized spacial score (nSPS) is 12.3. The van der Waals surface area contributed by atoms with E-state index in [4.69, 9.17) is 4.74 Å². The maximum Gasteiger partial charge on any atom is 0.248 e. The number of fused-ring (bicyclic) bond motifs is 1. The van der Waals surface area contributed by atoms with Crippen molar-refractivity contribution in [1.82, 2.24) is 19.6 Å². The molecule has 7 nitrogen and oxygen atoms in total. The number of nitrogens with one attached hydrogen (secondary N) is 1. The average molecular weight is 313 g/mol. The van der Waals surface area contributed by atoms with Crippen molar-refractivity contribution in [3.63, 3.8) is 0 Å². The van der Waals surface area contributed by atoms with Gasteiger partial charge in [0.1, 0.15) is 22.8 Å². The Bertz CT molecular complexity index is 813. The Kier molecular flexibility index (Phi) is 3.77. The van der Waals surface area contributed by atoms with Crippen LogP contribution >= 0.6 is 0 Å². The van der Waals surface area contributed by atoms with E-state index in [1.54, 1.807) is 40.7 Å². The molecule has 0 aliphatic rings. The Morgan fingerprint density at radius 1 is 1.26 bits per heavy atom. The van der Waals surface area contributed by atoms with Crippen LogP contribution in [0.5, 0.6) is 5.75 Å². The van der Waals surface area contributed by atoms with Crippen LogP contribution in [0.3, 0.4) is 0 Å². The van der Waals surface area contributed by atoms with Crippen LogP contribution in [-0.2, 0) is 11.8 Å². The summed E-state index contributed by atoms with van der Waals surface area (Å²) in [5.74, 6) is 0.617. The van der Waals surface area contributed by atoms with Crippen LogP contribution in [0.15, 0.2) is 30.5 Å². The number of methoxy groups -OCH3 is 1. The van der Waals surface area contributed by atoms with Crippen LogP contribution in [0.1, 0.15) is 18.7 Å². The van der Waals surface area contributed by atoms with Gasteiger partial charge < -0.3 is 10.1 Å². The van der Waals surface area contributed by atoms with E-state index >= 15 is 0 Å². The summed E-state index contributed by atoms with van der Waals surface area (Å²) in [6, 6.07) is 6.78. The number of carbonyl (C=O) groups excluding carboxylic acids is 1. The molecule has 1 aromatic carbocycles. The van der Waals surface area contributed by atoms with Gasteiger partial charge in [-0.1, -0.05) is 0 Å². The second-order valence-corrected chi connectivity index (χ2v) is 5.45. The monoisotopic (exact) mass is 313 g/mol. The smallest absolute Gasteiger partial charge is 0.248 e. The Morgan fingerprint density at radius 2 is 1.96 bits per heavy atom. The fourth-order valence-corrected chi connectivity index (χ4v) is 2.44. The maximum atomic E-state index is 12.4. The zero-order valence-electron chi connectivity index (χ0n) is 13.6. The molecule has 0 aliphatic carbocycles. The third kappa shape index (κ3) is 2.77. The third-order valence-corrected chi connectivity index (χ3v) is 3.84. The lowest BCUT2D eigenvalue weighted by Crippen LogP contribution is -2.24. The van der Waals surface area contributed by atoms with Gasteiger partial charge in [-0.2, -0.15) is 10.2 Å². The number of aryl methyl sites for hydroxylation is 2. The lowest BCUT2D eigenvalue weighted by Gasteiger charge is -2.13. The summed E-state index contributed by atoms with van der Waals surface area (Å²) in [6.45, 7) is 3.72. The number of carbonyl (C=O) groups is 1. The number of anilines is 1. The molecule has 0 saturated carbocycles. The summed E-state index contributed by atoms with van der Waals surface area (Å²) in [7, 11) is 3.47. The summed E-state index contributed by atoms with van der Waals surface area (Å²) in [5, 5.41) is 11.7. The van der Waals surface area contributed by atoms with Crippen molar-refractivity contribution in [3.8, 4) is 5.75 Å². The molecule has 2 aromatic heterocycles. The van der Waals surface area contributed by atoms with Gasteiger partial charge in [0.2, 0.25) is 5.91 Å². The van der Waals surface area contributed by atoms with Crippen LogP contribution in [0, 0.1) is 6.92 Å². The second kappa shape index (κ2) is 5.75. The molecule has 0 aliphatic heterocycles. The van der Waals surface area contributed by atoms with Crippen molar-refractivity contribution in [2.75, 3.05) is 12.4 Å². The summed E-state index contributed by atoms with van der Waals surface area (Å²) < 4.78 is 8.53. The fraction of sp³-hybridized carbons (Fsp3) is 0.312. The molecule has 0 fully saturated rings. The van der Waals surface area contributed by atoms with E-state index in [0.717, 1.165) is 28.2 Å². The zero-order valence-corrected chi connectivity index (χ0v) is 13.6. The Hall–Kier alpha value is -2.83. The molecule has 0 radical (unpaired) electrons. The molecule has 3 rings (SSSR count). The number of hydrogen-bond acceptors (Lipinski definition) is 4. The minimum atomic E-state index is -0.427. The van der Waals surface area contributed by atoms with Crippen molar-refractivity contribution in [1.29, 1.82) is 0 Å². The van der Waals surface area contributed by atoms with Gasteiger partial charge >= 0.3 is 0 Å². The van der Waals surface area contributed by atoms with Crippen molar-refractivity contribution < 1.29 is 9.53 Å². The fourth-order valence-electron chi connectivity index (χ4n) is 2.44. The average Bonchev–Trinajstić information content (AvgIpc) is 3.09. The predicted molar refractivity (Wildman–Crippen MR) is 87.6 cm³/mol. The molecule has 0 saturated heterocycles. The Labute approximate surface area is 133 Å². The van der Waals surface area contributed by atoms with E-state index < -0.39 is 6.04 Å². The van der Waals surface area contributed by atoms with Gasteiger partial charge in [-0.05, 0) is 38.1 Å². The molecule has 3 aromatic rings. The molecular formula is C16H19N5O2. The first kappa shape index (κ1) is 15.1. The van der Waals surface area contributed by atoms with E-state index in [0.29, 0.717) is 0 Å². The second-order valence-electron chi connectivity index (χ2n) is 5.45. The highest BCUT2D eigenvalue weighted by atomic mass is 16.5. The first-order valence-corrected chi connectivity index (χ1v) is 7.33. The lowest BCUT2D eigenvalue weighted by atomic mass is 10.2. The Balaban J connectivity index is 1.78. The van der Waals surface area contributed by atoms with E-state index in [9.17, 15) is 4.79 Å². The predicted octanol–water partition coefficient (Wildman–Crippen LogP) is 2.29. The van der Waals surface area contributed by atoms with Gasteiger partial charge in [0, 0.05) is 12.7 Å². The lowest BCUT2D eigenvalue weighted by molar-refractivity contribution is -0.119. The number of benzene rings is 1. The third-order valence-electron chi connectivity index (χ3n) is 3.84. The van der Waals surface area contributed by atoms with Crippen LogP contribution < -0.4 is 10.1 Å². The summed E-state index contributed by atoms with van der Waals surface area (Å²) in [6.07, 6.45) is 1.84. The van der Waals surface area contributed by atoms with E-state index in [1.165, 1.54) is 0 Å². The van der Waals surface area contributed by atoms with Gasteiger partial charge in [-0.15, -0.1) is 0 Å². The molecular weight excluding hydrogens is 294 g/mol. The van der Waals surface area contributed by atoms with Crippen LogP contribution in [-0.4, -0.2) is 32.6 Å². The van der Waals surface area contributed by atoms with E-state index in [-0.39, 0.29) is 5.91 Å². The number of rotatable bonds is 4. The highest BCUT2D eigenvalue weighted by Gasteiger charge is 2.19. The van der Waals surface area contributed by atoms with Gasteiger partial charge in [0.15, 0.2) is 0 Å². The molecule has 23 heavy (non-hydrogen) atoms. The van der Waals surface area contributed by atoms with Crippen molar-refractivity contribution in [2.45, 2.75) is 19.9 Å². The highest BCUT2D eigenvalue weighted by Crippen LogP contribution is 2.20. The quantitative estimate of drug-likeness (QED) is 0.802. The first-order chi connectivity index (χ1) is 11.0. The molecule has 120 valence electrons. The zero-order chi connectivity index (χ0) is 16.6. The largest absolute Gasteiger partial charge is 0.497 e. The minimum absolute atomic E-state index is 0.131. The molecule has 7 heteroatoms. The first-order valence-electron chi connectivity index (χ1n) is 7.33. The number of aromatic nitrogens is 4. The molecule has 1 N–H and O–H groups in total. The van der Waals surface area contributed by atoms with Crippen molar-refractivity contribution in [3.05, 3.63) is 36.2 Å². The number of hydrogen-bond donors (Lipinski definition) is 1. The Morgan fingerprint density at radius 3 is 2.57 bits per heavy atom. The summed E-state index contributed by atoms with van der Waals surface area (Å²) >= 11 is 0. The molecule has 1 atom stereocenters. The molecule has 1 amide bonds. The SMILES string of the molecule is COc1ccc(NC(=O)[C@@H](C)n2cc3c(n2)c(C)nn3C)cc1. The van der Waals surface area contributed by atoms with Gasteiger partial charge in [0.25, 0.3) is 0 Å². The van der Waals surface area contributed by atoms with E-state index in [2.05, 4.69) is 15.5 Å². The van der Waals surface area contributed by atoms with Gasteiger partial charge in [0.05, 0.1) is 19.0 Å². The molecule has 2 heterocycles. The van der Waals surface area contributed by atoms with Gasteiger partial charge in [-0.3, -0.25) is 14.2 Å².